The Kier molecular flexibility index (Phi) is 5.55. The number of hydrogen-bond donors (Lipinski definition) is 1. The molecule has 2 heterocycles. The summed E-state index contributed by atoms with van der Waals surface area (Å²) in [5.74, 6) is -0.256. The van der Waals surface area contributed by atoms with Crippen molar-refractivity contribution in [2.75, 3.05) is 38.7 Å². The lowest BCUT2D eigenvalue weighted by molar-refractivity contribution is -0.146. The molecule has 2 saturated heterocycles. The summed E-state index contributed by atoms with van der Waals surface area (Å²) >= 11 is 0. The highest BCUT2D eigenvalue weighted by molar-refractivity contribution is 5.92. The molecule has 0 radical (unpaired) electrons. The molecular formula is C18H23F3N2O3. The molecule has 3 rings (SSSR count). The summed E-state index contributed by atoms with van der Waals surface area (Å²) in [6.07, 6.45) is -1.69. The van der Waals surface area contributed by atoms with E-state index >= 15 is 0 Å². The van der Waals surface area contributed by atoms with Gasteiger partial charge in [-0.15, -0.1) is 0 Å². The Balaban J connectivity index is 1.56. The Morgan fingerprint density at radius 3 is 2.69 bits per heavy atom. The minimum Gasteiger partial charge on any atom is -0.378 e. The number of rotatable bonds is 4. The number of nitrogens with zero attached hydrogens (tertiary/aromatic N) is 1. The van der Waals surface area contributed by atoms with E-state index in [9.17, 15) is 18.0 Å². The molecule has 2 aliphatic rings. The maximum atomic E-state index is 12.6. The SMILES string of the molecule is CO[C@H]1CCN(CC(=O)Nc2ccc(C(F)(F)F)cc2)C[C@@]12CCCO2. The summed E-state index contributed by atoms with van der Waals surface area (Å²) < 4.78 is 49.3. The lowest BCUT2D eigenvalue weighted by Gasteiger charge is -2.44. The van der Waals surface area contributed by atoms with E-state index in [-0.39, 0.29) is 24.2 Å². The Hall–Kier alpha value is -1.64. The van der Waals surface area contributed by atoms with Crippen molar-refractivity contribution in [3.8, 4) is 0 Å². The van der Waals surface area contributed by atoms with Crippen molar-refractivity contribution in [3.63, 3.8) is 0 Å². The standard InChI is InChI=1S/C18H23F3N2O3/c1-25-15-7-9-23(12-17(15)8-2-10-26-17)11-16(24)22-14-5-3-13(4-6-14)18(19,20)21/h3-6,15H,2,7-12H2,1H3,(H,22,24)/t15-,17-/m0/s1. The largest absolute Gasteiger partial charge is 0.416 e. The normalized spacial score (nSPS) is 27.0. The van der Waals surface area contributed by atoms with Crippen LogP contribution in [0.1, 0.15) is 24.8 Å². The number of carbonyl (C=O) groups is 1. The summed E-state index contributed by atoms with van der Waals surface area (Å²) in [4.78, 5) is 14.3. The van der Waals surface area contributed by atoms with Gasteiger partial charge in [-0.1, -0.05) is 0 Å². The zero-order valence-corrected chi connectivity index (χ0v) is 14.6. The molecule has 2 atom stereocenters. The number of nitrogens with one attached hydrogen (secondary N) is 1. The van der Waals surface area contributed by atoms with Crippen molar-refractivity contribution < 1.29 is 27.4 Å². The van der Waals surface area contributed by atoms with E-state index in [0.717, 1.165) is 31.4 Å². The third-order valence-electron chi connectivity index (χ3n) is 5.07. The molecule has 1 aromatic rings. The molecule has 2 aliphatic heterocycles. The third kappa shape index (κ3) is 4.19. The molecule has 0 aromatic heterocycles. The fourth-order valence-electron chi connectivity index (χ4n) is 3.83. The molecular weight excluding hydrogens is 349 g/mol. The van der Waals surface area contributed by atoms with Crippen LogP contribution in [0.25, 0.3) is 0 Å². The summed E-state index contributed by atoms with van der Waals surface area (Å²) in [6.45, 7) is 2.20. The highest BCUT2D eigenvalue weighted by Gasteiger charge is 2.47. The summed E-state index contributed by atoms with van der Waals surface area (Å²) in [5.41, 5.74) is -0.749. The van der Waals surface area contributed by atoms with Gasteiger partial charge in [-0.2, -0.15) is 13.2 Å². The van der Waals surface area contributed by atoms with E-state index in [4.69, 9.17) is 9.47 Å². The first-order valence-electron chi connectivity index (χ1n) is 8.69. The van der Waals surface area contributed by atoms with Crippen molar-refractivity contribution >= 4 is 11.6 Å². The van der Waals surface area contributed by atoms with Crippen LogP contribution in [0.2, 0.25) is 0 Å². The van der Waals surface area contributed by atoms with E-state index in [1.165, 1.54) is 12.1 Å². The average molecular weight is 372 g/mol. The molecule has 0 unspecified atom stereocenters. The van der Waals surface area contributed by atoms with Gasteiger partial charge in [-0.3, -0.25) is 9.69 Å². The van der Waals surface area contributed by atoms with Crippen LogP contribution in [0.4, 0.5) is 18.9 Å². The van der Waals surface area contributed by atoms with E-state index in [1.54, 1.807) is 7.11 Å². The molecule has 0 bridgehead atoms. The van der Waals surface area contributed by atoms with Crippen LogP contribution in [0.3, 0.4) is 0 Å². The van der Waals surface area contributed by atoms with E-state index < -0.39 is 11.7 Å². The van der Waals surface area contributed by atoms with Crippen LogP contribution in [-0.4, -0.2) is 55.9 Å². The lowest BCUT2D eigenvalue weighted by Crippen LogP contribution is -2.58. The van der Waals surface area contributed by atoms with Gasteiger partial charge in [0.05, 0.1) is 18.2 Å². The van der Waals surface area contributed by atoms with E-state index in [0.29, 0.717) is 25.4 Å². The van der Waals surface area contributed by atoms with E-state index in [1.807, 2.05) is 4.90 Å². The molecule has 5 nitrogen and oxygen atoms in total. The summed E-state index contributed by atoms with van der Waals surface area (Å²) in [6, 6.07) is 4.45. The first-order valence-corrected chi connectivity index (χ1v) is 8.69. The first-order chi connectivity index (χ1) is 12.3. The number of piperidine rings is 1. The number of halogens is 3. The minimum absolute atomic E-state index is 0.0271. The van der Waals surface area contributed by atoms with E-state index in [2.05, 4.69) is 5.32 Å². The van der Waals surface area contributed by atoms with Gasteiger partial charge in [0.15, 0.2) is 0 Å². The van der Waals surface area contributed by atoms with Gasteiger partial charge in [0.2, 0.25) is 5.91 Å². The van der Waals surface area contributed by atoms with Gasteiger partial charge in [0, 0.05) is 32.5 Å². The van der Waals surface area contributed by atoms with Gasteiger partial charge >= 0.3 is 6.18 Å². The second kappa shape index (κ2) is 7.54. The number of likely N-dealkylation sites (tertiary alicyclic amines) is 1. The molecule has 0 saturated carbocycles. The van der Waals surface area contributed by atoms with Gasteiger partial charge < -0.3 is 14.8 Å². The lowest BCUT2D eigenvalue weighted by atomic mass is 9.87. The van der Waals surface area contributed by atoms with Crippen molar-refractivity contribution in [2.45, 2.75) is 37.1 Å². The summed E-state index contributed by atoms with van der Waals surface area (Å²) in [7, 11) is 1.68. The zero-order chi connectivity index (χ0) is 18.8. The van der Waals surface area contributed by atoms with Gasteiger partial charge in [0.25, 0.3) is 0 Å². The smallest absolute Gasteiger partial charge is 0.378 e. The van der Waals surface area contributed by atoms with Gasteiger partial charge in [-0.05, 0) is 43.5 Å². The van der Waals surface area contributed by atoms with Crippen LogP contribution in [0.15, 0.2) is 24.3 Å². The number of amides is 1. The Morgan fingerprint density at radius 2 is 2.12 bits per heavy atom. The van der Waals surface area contributed by atoms with Crippen molar-refractivity contribution in [1.82, 2.24) is 4.90 Å². The maximum Gasteiger partial charge on any atom is 0.416 e. The summed E-state index contributed by atoms with van der Waals surface area (Å²) in [5, 5.41) is 2.65. The molecule has 1 amide bonds. The van der Waals surface area contributed by atoms with Crippen LogP contribution in [-0.2, 0) is 20.4 Å². The average Bonchev–Trinajstić information content (AvgIpc) is 3.03. The molecule has 2 fully saturated rings. The molecule has 0 aliphatic carbocycles. The molecule has 144 valence electrons. The molecule has 26 heavy (non-hydrogen) atoms. The highest BCUT2D eigenvalue weighted by atomic mass is 19.4. The minimum atomic E-state index is -4.39. The van der Waals surface area contributed by atoms with Gasteiger partial charge in [0.1, 0.15) is 5.60 Å². The first kappa shape index (κ1) is 19.1. The van der Waals surface area contributed by atoms with Crippen LogP contribution < -0.4 is 5.32 Å². The number of carbonyl (C=O) groups excluding carboxylic acids is 1. The van der Waals surface area contributed by atoms with Crippen LogP contribution >= 0.6 is 0 Å². The Labute approximate surface area is 150 Å². The number of anilines is 1. The van der Waals surface area contributed by atoms with Crippen LogP contribution in [0, 0.1) is 0 Å². The number of alkyl halides is 3. The quantitative estimate of drug-likeness (QED) is 0.883. The molecule has 8 heteroatoms. The van der Waals surface area contributed by atoms with Crippen LogP contribution in [0.5, 0.6) is 0 Å². The Bertz CT molecular complexity index is 628. The predicted molar refractivity (Wildman–Crippen MR) is 89.8 cm³/mol. The van der Waals surface area contributed by atoms with Crippen molar-refractivity contribution in [3.05, 3.63) is 29.8 Å². The Morgan fingerprint density at radius 1 is 1.38 bits per heavy atom. The second-order valence-electron chi connectivity index (χ2n) is 6.86. The second-order valence-corrected chi connectivity index (χ2v) is 6.86. The molecule has 1 aromatic carbocycles. The number of benzene rings is 1. The molecule has 1 N–H and O–H groups in total. The number of methoxy groups -OCH3 is 1. The fourth-order valence-corrected chi connectivity index (χ4v) is 3.83. The zero-order valence-electron chi connectivity index (χ0n) is 14.6. The topological polar surface area (TPSA) is 50.8 Å². The van der Waals surface area contributed by atoms with Gasteiger partial charge in [-0.25, -0.2) is 0 Å². The fraction of sp³-hybridized carbons (Fsp3) is 0.611. The third-order valence-corrected chi connectivity index (χ3v) is 5.07. The van der Waals surface area contributed by atoms with Crippen molar-refractivity contribution in [2.24, 2.45) is 0 Å². The monoisotopic (exact) mass is 372 g/mol. The number of hydrogen-bond acceptors (Lipinski definition) is 4. The van der Waals surface area contributed by atoms with Crippen molar-refractivity contribution in [1.29, 1.82) is 0 Å². The number of ether oxygens (including phenoxy) is 2. The molecule has 1 spiro atoms. The predicted octanol–water partition coefficient (Wildman–Crippen LogP) is 2.91. The highest BCUT2D eigenvalue weighted by Crippen LogP contribution is 2.36. The maximum absolute atomic E-state index is 12.6.